The molecule has 2 aromatic carbocycles. The van der Waals surface area contributed by atoms with E-state index in [-0.39, 0.29) is 0 Å². The molecular formula is C21H26N4O2. The van der Waals surface area contributed by atoms with Crippen LogP contribution in [0.5, 0.6) is 11.5 Å². The number of nitrogens with zero attached hydrogens (tertiary/aromatic N) is 2. The summed E-state index contributed by atoms with van der Waals surface area (Å²) < 4.78 is 10.6. The molecule has 0 amide bonds. The summed E-state index contributed by atoms with van der Waals surface area (Å²) in [5.41, 5.74) is 2.87. The smallest absolute Gasteiger partial charge is 0.191 e. The van der Waals surface area contributed by atoms with Crippen LogP contribution in [0.2, 0.25) is 0 Å². The first-order valence-corrected chi connectivity index (χ1v) is 8.92. The van der Waals surface area contributed by atoms with Crippen molar-refractivity contribution in [2.75, 3.05) is 27.3 Å². The van der Waals surface area contributed by atoms with Gasteiger partial charge in [0.25, 0.3) is 0 Å². The molecular weight excluding hydrogens is 340 g/mol. The van der Waals surface area contributed by atoms with Crippen molar-refractivity contribution in [1.29, 1.82) is 5.26 Å². The molecule has 0 aliphatic heterocycles. The first-order chi connectivity index (χ1) is 13.2. The van der Waals surface area contributed by atoms with Crippen molar-refractivity contribution < 1.29 is 9.47 Å². The zero-order valence-electron chi connectivity index (χ0n) is 16.1. The highest BCUT2D eigenvalue weighted by Gasteiger charge is 2.05. The summed E-state index contributed by atoms with van der Waals surface area (Å²) in [6.45, 7) is 4.12. The summed E-state index contributed by atoms with van der Waals surface area (Å²) in [5, 5.41) is 15.4. The number of ether oxygens (including phenoxy) is 2. The van der Waals surface area contributed by atoms with Crippen LogP contribution in [0.15, 0.2) is 47.5 Å². The molecule has 6 heteroatoms. The highest BCUT2D eigenvalue weighted by atomic mass is 16.5. The van der Waals surface area contributed by atoms with E-state index >= 15 is 0 Å². The molecule has 0 saturated heterocycles. The fraction of sp³-hybridized carbons (Fsp3) is 0.333. The molecule has 0 bridgehead atoms. The van der Waals surface area contributed by atoms with Crippen LogP contribution in [0.4, 0.5) is 0 Å². The molecule has 142 valence electrons. The second-order valence-corrected chi connectivity index (χ2v) is 5.87. The predicted molar refractivity (Wildman–Crippen MR) is 107 cm³/mol. The van der Waals surface area contributed by atoms with E-state index in [1.165, 1.54) is 0 Å². The Balaban J connectivity index is 1.92. The average molecular weight is 366 g/mol. The maximum Gasteiger partial charge on any atom is 0.191 e. The molecule has 0 heterocycles. The Morgan fingerprint density at radius 3 is 2.33 bits per heavy atom. The second kappa shape index (κ2) is 10.7. The SMILES string of the molecule is CCNC(=NCc1ccc(C#N)cc1)NCCc1ccc(OC)c(OC)c1. The molecule has 0 fully saturated rings. The third-order valence-corrected chi connectivity index (χ3v) is 4.00. The number of hydrogen-bond acceptors (Lipinski definition) is 4. The van der Waals surface area contributed by atoms with Crippen LogP contribution in [0.3, 0.4) is 0 Å². The van der Waals surface area contributed by atoms with E-state index in [2.05, 4.69) is 21.7 Å². The Morgan fingerprint density at radius 1 is 1.00 bits per heavy atom. The highest BCUT2D eigenvalue weighted by molar-refractivity contribution is 5.79. The Morgan fingerprint density at radius 2 is 1.70 bits per heavy atom. The van der Waals surface area contributed by atoms with Crippen molar-refractivity contribution in [2.45, 2.75) is 19.9 Å². The second-order valence-electron chi connectivity index (χ2n) is 5.87. The van der Waals surface area contributed by atoms with Crippen LogP contribution in [0, 0.1) is 11.3 Å². The highest BCUT2D eigenvalue weighted by Crippen LogP contribution is 2.27. The molecule has 27 heavy (non-hydrogen) atoms. The van der Waals surface area contributed by atoms with Crippen LogP contribution in [0.25, 0.3) is 0 Å². The van der Waals surface area contributed by atoms with Gasteiger partial charge in [-0.25, -0.2) is 4.99 Å². The lowest BCUT2D eigenvalue weighted by molar-refractivity contribution is 0.354. The van der Waals surface area contributed by atoms with Crippen molar-refractivity contribution in [1.82, 2.24) is 10.6 Å². The Labute approximate surface area is 160 Å². The van der Waals surface area contributed by atoms with Crippen molar-refractivity contribution in [3.05, 3.63) is 59.2 Å². The minimum Gasteiger partial charge on any atom is -0.493 e. The third kappa shape index (κ3) is 6.23. The van der Waals surface area contributed by atoms with Crippen molar-refractivity contribution >= 4 is 5.96 Å². The molecule has 0 atom stereocenters. The topological polar surface area (TPSA) is 78.7 Å². The van der Waals surface area contributed by atoms with Crippen LogP contribution in [0.1, 0.15) is 23.6 Å². The lowest BCUT2D eigenvalue weighted by atomic mass is 10.1. The largest absolute Gasteiger partial charge is 0.493 e. The summed E-state index contributed by atoms with van der Waals surface area (Å²) in [6, 6.07) is 15.5. The molecule has 2 aromatic rings. The van der Waals surface area contributed by atoms with Crippen LogP contribution < -0.4 is 20.1 Å². The molecule has 0 spiro atoms. The lowest BCUT2D eigenvalue weighted by Gasteiger charge is -2.13. The van der Waals surface area contributed by atoms with Gasteiger partial charge in [-0.2, -0.15) is 5.26 Å². The fourth-order valence-corrected chi connectivity index (χ4v) is 2.56. The van der Waals surface area contributed by atoms with Gasteiger partial charge in [0.15, 0.2) is 17.5 Å². The van der Waals surface area contributed by atoms with E-state index in [4.69, 9.17) is 14.7 Å². The minimum atomic E-state index is 0.553. The number of methoxy groups -OCH3 is 2. The first kappa shape index (κ1) is 20.1. The molecule has 0 aromatic heterocycles. The maximum absolute atomic E-state index is 8.86. The van der Waals surface area contributed by atoms with Crippen LogP contribution in [-0.2, 0) is 13.0 Å². The van der Waals surface area contributed by atoms with Gasteiger partial charge in [-0.15, -0.1) is 0 Å². The lowest BCUT2D eigenvalue weighted by Crippen LogP contribution is -2.38. The minimum absolute atomic E-state index is 0.553. The number of rotatable bonds is 8. The number of benzene rings is 2. The van der Waals surface area contributed by atoms with Gasteiger partial charge in [0.1, 0.15) is 0 Å². The zero-order valence-corrected chi connectivity index (χ0v) is 16.1. The summed E-state index contributed by atoms with van der Waals surface area (Å²) in [7, 11) is 3.27. The summed E-state index contributed by atoms with van der Waals surface area (Å²) in [5.74, 6) is 2.23. The van der Waals surface area contributed by atoms with Gasteiger partial charge >= 0.3 is 0 Å². The average Bonchev–Trinajstić information content (AvgIpc) is 2.72. The quantitative estimate of drug-likeness (QED) is 0.555. The van der Waals surface area contributed by atoms with Crippen LogP contribution in [-0.4, -0.2) is 33.3 Å². The number of nitriles is 1. The summed E-state index contributed by atoms with van der Waals surface area (Å²) in [6.07, 6.45) is 0.835. The zero-order chi connectivity index (χ0) is 19.5. The Hall–Kier alpha value is -3.20. The van der Waals surface area contributed by atoms with Gasteiger partial charge in [0, 0.05) is 13.1 Å². The van der Waals surface area contributed by atoms with Crippen molar-refractivity contribution in [3.63, 3.8) is 0 Å². The van der Waals surface area contributed by atoms with Gasteiger partial charge in [0.05, 0.1) is 32.4 Å². The fourth-order valence-electron chi connectivity index (χ4n) is 2.56. The van der Waals surface area contributed by atoms with E-state index in [1.54, 1.807) is 14.2 Å². The number of aliphatic imine (C=N–C) groups is 1. The Bertz CT molecular complexity index is 795. The molecule has 2 rings (SSSR count). The van der Waals surface area contributed by atoms with Gasteiger partial charge in [-0.1, -0.05) is 18.2 Å². The van der Waals surface area contributed by atoms with E-state index in [9.17, 15) is 0 Å². The molecule has 0 saturated carbocycles. The van der Waals surface area contributed by atoms with E-state index in [0.717, 1.165) is 48.1 Å². The number of hydrogen-bond donors (Lipinski definition) is 2. The molecule has 0 aliphatic rings. The van der Waals surface area contributed by atoms with E-state index in [0.29, 0.717) is 12.1 Å². The molecule has 2 N–H and O–H groups in total. The van der Waals surface area contributed by atoms with Gasteiger partial charge < -0.3 is 20.1 Å². The van der Waals surface area contributed by atoms with E-state index in [1.807, 2.05) is 49.4 Å². The summed E-state index contributed by atoms with van der Waals surface area (Å²) in [4.78, 5) is 4.60. The standard InChI is InChI=1S/C21H26N4O2/c1-4-23-21(25-15-18-7-5-17(14-22)6-8-18)24-12-11-16-9-10-19(26-2)20(13-16)27-3/h5-10,13H,4,11-12,15H2,1-3H3,(H2,23,24,25). The third-order valence-electron chi connectivity index (χ3n) is 4.00. The van der Waals surface area contributed by atoms with Crippen molar-refractivity contribution in [3.8, 4) is 17.6 Å². The van der Waals surface area contributed by atoms with Gasteiger partial charge in [0.2, 0.25) is 0 Å². The molecule has 0 unspecified atom stereocenters. The number of nitrogens with one attached hydrogen (secondary N) is 2. The Kier molecular flexibility index (Phi) is 7.98. The normalized spacial score (nSPS) is 10.8. The number of guanidine groups is 1. The van der Waals surface area contributed by atoms with Gasteiger partial charge in [-0.05, 0) is 48.7 Å². The monoisotopic (exact) mass is 366 g/mol. The van der Waals surface area contributed by atoms with Crippen LogP contribution >= 0.6 is 0 Å². The molecule has 0 radical (unpaired) electrons. The van der Waals surface area contributed by atoms with E-state index < -0.39 is 0 Å². The predicted octanol–water partition coefficient (Wildman–Crippen LogP) is 2.87. The van der Waals surface area contributed by atoms with Crippen molar-refractivity contribution in [2.24, 2.45) is 4.99 Å². The molecule has 6 nitrogen and oxygen atoms in total. The first-order valence-electron chi connectivity index (χ1n) is 8.92. The van der Waals surface area contributed by atoms with Gasteiger partial charge in [-0.3, -0.25) is 0 Å². The summed E-state index contributed by atoms with van der Waals surface area (Å²) >= 11 is 0. The molecule has 0 aliphatic carbocycles. The maximum atomic E-state index is 8.86.